The van der Waals surface area contributed by atoms with E-state index in [0.29, 0.717) is 27.9 Å². The Balaban J connectivity index is 1.82. The van der Waals surface area contributed by atoms with Crippen molar-refractivity contribution >= 4 is 40.7 Å². The predicted octanol–water partition coefficient (Wildman–Crippen LogP) is 3.81. The summed E-state index contributed by atoms with van der Waals surface area (Å²) in [6, 6.07) is 13.9. The highest BCUT2D eigenvalue weighted by molar-refractivity contribution is 6.33. The van der Waals surface area contributed by atoms with Gasteiger partial charge in [0.15, 0.2) is 0 Å². The van der Waals surface area contributed by atoms with Crippen molar-refractivity contribution in [3.8, 4) is 0 Å². The van der Waals surface area contributed by atoms with Crippen molar-refractivity contribution in [2.24, 2.45) is 5.10 Å². The summed E-state index contributed by atoms with van der Waals surface area (Å²) in [5, 5.41) is 7.70. The van der Waals surface area contributed by atoms with Crippen molar-refractivity contribution in [3.05, 3.63) is 69.7 Å². The summed E-state index contributed by atoms with van der Waals surface area (Å²) in [7, 11) is 0. The zero-order valence-electron chi connectivity index (χ0n) is 13.6. The van der Waals surface area contributed by atoms with Gasteiger partial charge in [-0.1, -0.05) is 47.5 Å². The maximum atomic E-state index is 12.0. The molecule has 0 atom stereocenters. The third-order valence-corrected chi connectivity index (χ3v) is 3.87. The monoisotopic (exact) mass is 377 g/mol. The van der Waals surface area contributed by atoms with Crippen LogP contribution in [0.4, 0.5) is 0 Å². The molecular weight excluding hydrogens is 361 g/mol. The first kappa shape index (κ1) is 19.0. The van der Waals surface area contributed by atoms with Gasteiger partial charge < -0.3 is 5.32 Å². The molecule has 0 fully saturated rings. The third kappa shape index (κ3) is 6.21. The molecule has 7 heteroatoms. The summed E-state index contributed by atoms with van der Waals surface area (Å²) >= 11 is 11.8. The maximum Gasteiger partial charge on any atom is 0.272 e. The first-order valence-electron chi connectivity index (χ1n) is 7.55. The second-order valence-corrected chi connectivity index (χ2v) is 6.19. The Morgan fingerprint density at radius 1 is 1.04 bits per heavy atom. The molecule has 25 heavy (non-hydrogen) atoms. The number of rotatable bonds is 6. The Morgan fingerprint density at radius 2 is 1.72 bits per heavy atom. The Labute approximate surface area is 156 Å². The predicted molar refractivity (Wildman–Crippen MR) is 99.9 cm³/mol. The summed E-state index contributed by atoms with van der Waals surface area (Å²) in [6.45, 7) is 2.06. The Hall–Kier alpha value is -2.37. The standard InChI is InChI=1S/C18H17Cl2N3O2/c1-12(22-23-18(25)15-4-2-3-5-16(15)20)10-17(24)21-11-13-6-8-14(19)9-7-13/h2-9H,10-11H2,1H3,(H,21,24)(H,23,25). The molecule has 2 rings (SSSR count). The molecule has 0 bridgehead atoms. The molecule has 2 aromatic carbocycles. The average Bonchev–Trinajstić information content (AvgIpc) is 2.59. The van der Waals surface area contributed by atoms with Gasteiger partial charge in [-0.15, -0.1) is 0 Å². The van der Waals surface area contributed by atoms with E-state index in [2.05, 4.69) is 15.8 Å². The number of amides is 2. The zero-order valence-corrected chi connectivity index (χ0v) is 15.1. The van der Waals surface area contributed by atoms with E-state index in [4.69, 9.17) is 23.2 Å². The summed E-state index contributed by atoms with van der Waals surface area (Å²) in [5.74, 6) is -0.616. The fourth-order valence-corrected chi connectivity index (χ4v) is 2.34. The van der Waals surface area contributed by atoms with Crippen molar-refractivity contribution < 1.29 is 9.59 Å². The topological polar surface area (TPSA) is 70.6 Å². The number of carbonyl (C=O) groups excluding carboxylic acids is 2. The quantitative estimate of drug-likeness (QED) is 0.593. The smallest absolute Gasteiger partial charge is 0.272 e. The lowest BCUT2D eigenvalue weighted by Gasteiger charge is -2.06. The molecule has 5 nitrogen and oxygen atoms in total. The van der Waals surface area contributed by atoms with Crippen molar-refractivity contribution in [2.75, 3.05) is 0 Å². The van der Waals surface area contributed by atoms with Crippen LogP contribution in [0.2, 0.25) is 10.0 Å². The molecule has 0 unspecified atom stereocenters. The van der Waals surface area contributed by atoms with E-state index in [1.807, 2.05) is 12.1 Å². The molecule has 0 aliphatic carbocycles. The molecule has 0 aliphatic rings. The number of hydrogen-bond acceptors (Lipinski definition) is 3. The first-order valence-corrected chi connectivity index (χ1v) is 8.30. The van der Waals surface area contributed by atoms with Crippen LogP contribution in [0.25, 0.3) is 0 Å². The molecule has 0 saturated heterocycles. The molecule has 2 N–H and O–H groups in total. The number of hydrazone groups is 1. The third-order valence-electron chi connectivity index (χ3n) is 3.29. The van der Waals surface area contributed by atoms with E-state index in [1.54, 1.807) is 43.3 Å². The molecule has 2 amide bonds. The van der Waals surface area contributed by atoms with Crippen LogP contribution in [0.1, 0.15) is 29.3 Å². The second-order valence-electron chi connectivity index (χ2n) is 5.35. The summed E-state index contributed by atoms with van der Waals surface area (Å²) in [6.07, 6.45) is 0.0798. The molecule has 2 aromatic rings. The largest absolute Gasteiger partial charge is 0.352 e. The van der Waals surface area contributed by atoms with Crippen molar-refractivity contribution in [2.45, 2.75) is 19.9 Å². The van der Waals surface area contributed by atoms with E-state index in [-0.39, 0.29) is 12.3 Å². The minimum Gasteiger partial charge on any atom is -0.352 e. The molecule has 0 saturated carbocycles. The lowest BCUT2D eigenvalue weighted by Crippen LogP contribution is -2.26. The highest BCUT2D eigenvalue weighted by atomic mass is 35.5. The van der Waals surface area contributed by atoms with Gasteiger partial charge in [-0.2, -0.15) is 5.10 Å². The van der Waals surface area contributed by atoms with Gasteiger partial charge in [-0.05, 0) is 36.8 Å². The molecular formula is C18H17Cl2N3O2. The Kier molecular flexibility index (Phi) is 6.98. The van der Waals surface area contributed by atoms with Crippen molar-refractivity contribution in [1.29, 1.82) is 0 Å². The minimum absolute atomic E-state index is 0.0798. The normalized spacial score (nSPS) is 11.1. The van der Waals surface area contributed by atoms with Crippen molar-refractivity contribution in [3.63, 3.8) is 0 Å². The SMILES string of the molecule is CC(CC(=O)NCc1ccc(Cl)cc1)=NNC(=O)c1ccccc1Cl. The number of carbonyl (C=O) groups is 2. The first-order chi connectivity index (χ1) is 12.0. The van der Waals surface area contributed by atoms with Gasteiger partial charge in [-0.25, -0.2) is 5.43 Å². The van der Waals surface area contributed by atoms with Crippen LogP contribution in [0.15, 0.2) is 53.6 Å². The molecule has 0 spiro atoms. The number of benzene rings is 2. The van der Waals surface area contributed by atoms with Crippen molar-refractivity contribution in [1.82, 2.24) is 10.7 Å². The molecule has 0 radical (unpaired) electrons. The second kappa shape index (κ2) is 9.20. The van der Waals surface area contributed by atoms with Crippen LogP contribution in [0, 0.1) is 0 Å². The highest BCUT2D eigenvalue weighted by Crippen LogP contribution is 2.14. The Morgan fingerprint density at radius 3 is 2.40 bits per heavy atom. The highest BCUT2D eigenvalue weighted by Gasteiger charge is 2.09. The molecule has 0 aliphatic heterocycles. The summed E-state index contributed by atoms with van der Waals surface area (Å²) < 4.78 is 0. The van der Waals surface area contributed by atoms with E-state index in [1.165, 1.54) is 0 Å². The number of halogens is 2. The maximum absolute atomic E-state index is 12.0. The van der Waals surface area contributed by atoms with Gasteiger partial charge in [0.1, 0.15) is 0 Å². The number of nitrogens with one attached hydrogen (secondary N) is 2. The summed E-state index contributed by atoms with van der Waals surface area (Å²) in [5.41, 5.74) is 4.15. The van der Waals surface area contributed by atoms with E-state index in [9.17, 15) is 9.59 Å². The van der Waals surface area contributed by atoms with Gasteiger partial charge in [0.05, 0.1) is 17.0 Å². The molecule has 130 valence electrons. The molecule has 0 aromatic heterocycles. The van der Waals surface area contributed by atoms with E-state index in [0.717, 1.165) is 5.56 Å². The fourth-order valence-electron chi connectivity index (χ4n) is 1.99. The van der Waals surface area contributed by atoms with Crippen LogP contribution in [0.5, 0.6) is 0 Å². The van der Waals surface area contributed by atoms with Crippen LogP contribution in [0.3, 0.4) is 0 Å². The van der Waals surface area contributed by atoms with Gasteiger partial charge in [0.25, 0.3) is 5.91 Å². The number of hydrogen-bond donors (Lipinski definition) is 2. The van der Waals surface area contributed by atoms with E-state index < -0.39 is 5.91 Å². The zero-order chi connectivity index (χ0) is 18.2. The van der Waals surface area contributed by atoms with Gasteiger partial charge in [0.2, 0.25) is 5.91 Å². The van der Waals surface area contributed by atoms with Crippen LogP contribution < -0.4 is 10.7 Å². The van der Waals surface area contributed by atoms with Crippen LogP contribution in [-0.2, 0) is 11.3 Å². The lowest BCUT2D eigenvalue weighted by atomic mass is 10.2. The lowest BCUT2D eigenvalue weighted by molar-refractivity contribution is -0.120. The fraction of sp³-hybridized carbons (Fsp3) is 0.167. The van der Waals surface area contributed by atoms with Gasteiger partial charge in [-0.3, -0.25) is 9.59 Å². The van der Waals surface area contributed by atoms with Crippen LogP contribution in [-0.4, -0.2) is 17.5 Å². The van der Waals surface area contributed by atoms with Crippen LogP contribution >= 0.6 is 23.2 Å². The molecule has 0 heterocycles. The number of nitrogens with zero attached hydrogens (tertiary/aromatic N) is 1. The minimum atomic E-state index is -0.425. The van der Waals surface area contributed by atoms with E-state index >= 15 is 0 Å². The van der Waals surface area contributed by atoms with Gasteiger partial charge in [0, 0.05) is 17.3 Å². The van der Waals surface area contributed by atoms with Gasteiger partial charge >= 0.3 is 0 Å². The summed E-state index contributed by atoms with van der Waals surface area (Å²) in [4.78, 5) is 23.9. The Bertz CT molecular complexity index is 789. The average molecular weight is 378 g/mol.